The van der Waals surface area contributed by atoms with Crippen molar-refractivity contribution in [3.8, 4) is 11.1 Å². The Hall–Kier alpha value is -3.16. The zero-order valence-corrected chi connectivity index (χ0v) is 18.1. The highest BCUT2D eigenvalue weighted by Crippen LogP contribution is 2.37. The van der Waals surface area contributed by atoms with Gasteiger partial charge in [-0.05, 0) is 35.6 Å². The molecule has 2 fully saturated rings. The average molecular weight is 433 g/mol. The Morgan fingerprint density at radius 1 is 1.00 bits per heavy atom. The number of aliphatic hydroxyl groups is 2. The molecular formula is C25H28N4O3. The van der Waals surface area contributed by atoms with E-state index in [2.05, 4.69) is 59.0 Å². The van der Waals surface area contributed by atoms with Crippen molar-refractivity contribution in [1.82, 2.24) is 19.6 Å². The van der Waals surface area contributed by atoms with E-state index in [-0.39, 0.29) is 12.5 Å². The number of aromatic nitrogens is 2. The third-order valence-corrected chi connectivity index (χ3v) is 6.58. The molecule has 32 heavy (non-hydrogen) atoms. The number of amides is 1. The summed E-state index contributed by atoms with van der Waals surface area (Å²) in [6.07, 6.45) is 2.99. The number of hydrogen-bond donors (Lipinski definition) is 2. The van der Waals surface area contributed by atoms with E-state index in [1.165, 1.54) is 0 Å². The summed E-state index contributed by atoms with van der Waals surface area (Å²) >= 11 is 0. The lowest BCUT2D eigenvalue weighted by Gasteiger charge is -2.38. The van der Waals surface area contributed by atoms with Gasteiger partial charge in [-0.25, -0.2) is 0 Å². The molecule has 0 spiro atoms. The van der Waals surface area contributed by atoms with E-state index in [0.717, 1.165) is 33.3 Å². The zero-order valence-electron chi connectivity index (χ0n) is 18.1. The van der Waals surface area contributed by atoms with Gasteiger partial charge < -0.3 is 20.0 Å². The first-order valence-electron chi connectivity index (χ1n) is 11.1. The highest BCUT2D eigenvalue weighted by Gasteiger charge is 2.50. The largest absolute Gasteiger partial charge is 0.394 e. The summed E-state index contributed by atoms with van der Waals surface area (Å²) in [4.78, 5) is 16.3. The molecular weight excluding hydrogens is 404 g/mol. The number of carbonyl (C=O) groups excluding carboxylic acids is 1. The van der Waals surface area contributed by atoms with Crippen molar-refractivity contribution in [3.63, 3.8) is 0 Å². The number of benzene rings is 2. The molecule has 0 radical (unpaired) electrons. The molecule has 2 heterocycles. The van der Waals surface area contributed by atoms with Crippen molar-refractivity contribution < 1.29 is 15.0 Å². The third kappa shape index (κ3) is 3.78. The molecule has 3 aromatic rings. The average Bonchev–Trinajstić information content (AvgIpc) is 3.47. The van der Waals surface area contributed by atoms with Crippen LogP contribution in [0, 0.1) is 0 Å². The van der Waals surface area contributed by atoms with E-state index in [9.17, 15) is 15.0 Å². The molecule has 0 bridgehead atoms. The van der Waals surface area contributed by atoms with Crippen molar-refractivity contribution in [3.05, 3.63) is 60.8 Å². The molecule has 1 aromatic heterocycles. The Bertz CT molecular complexity index is 1160. The van der Waals surface area contributed by atoms with Crippen molar-refractivity contribution in [2.24, 2.45) is 0 Å². The van der Waals surface area contributed by atoms with Gasteiger partial charge in [0.25, 0.3) is 5.91 Å². The van der Waals surface area contributed by atoms with Crippen molar-refractivity contribution in [2.75, 3.05) is 32.8 Å². The highest BCUT2D eigenvalue weighted by atomic mass is 16.3. The Morgan fingerprint density at radius 2 is 1.66 bits per heavy atom. The second-order valence-corrected chi connectivity index (χ2v) is 8.70. The maximum atomic E-state index is 12.3. The predicted octanol–water partition coefficient (Wildman–Crippen LogP) is 2.34. The van der Waals surface area contributed by atoms with Crippen LogP contribution in [0.5, 0.6) is 0 Å². The van der Waals surface area contributed by atoms with E-state index in [1.807, 2.05) is 10.9 Å². The van der Waals surface area contributed by atoms with Gasteiger partial charge in [-0.1, -0.05) is 43.0 Å². The monoisotopic (exact) mass is 432 g/mol. The molecule has 1 amide bonds. The minimum Gasteiger partial charge on any atom is -0.394 e. The van der Waals surface area contributed by atoms with Crippen LogP contribution >= 0.6 is 0 Å². The molecule has 7 nitrogen and oxygen atoms in total. The van der Waals surface area contributed by atoms with Crippen LogP contribution in [-0.2, 0) is 11.3 Å². The van der Waals surface area contributed by atoms with Crippen LogP contribution in [0.3, 0.4) is 0 Å². The lowest BCUT2D eigenvalue weighted by molar-refractivity contribution is -0.143. The van der Waals surface area contributed by atoms with Crippen LogP contribution in [0.4, 0.5) is 0 Å². The van der Waals surface area contributed by atoms with Crippen molar-refractivity contribution >= 4 is 22.5 Å². The van der Waals surface area contributed by atoms with Gasteiger partial charge >= 0.3 is 0 Å². The standard InChI is InChI=1S/C25H28N4O3/c1-18(27-10-12-28(13-11-27)24(31)25(32)8-9-25)19-2-4-20(5-3-19)21-6-7-22-17-26-29(14-15-30)23(22)16-21/h2-7,16-17,30,32H,1,8-15H2. The summed E-state index contributed by atoms with van der Waals surface area (Å²) in [5, 5.41) is 24.7. The van der Waals surface area contributed by atoms with Crippen LogP contribution in [0.25, 0.3) is 27.7 Å². The molecule has 166 valence electrons. The number of hydrogen-bond acceptors (Lipinski definition) is 5. The van der Waals surface area contributed by atoms with Crippen LogP contribution < -0.4 is 0 Å². The fraction of sp³-hybridized carbons (Fsp3) is 0.360. The summed E-state index contributed by atoms with van der Waals surface area (Å²) in [7, 11) is 0. The summed E-state index contributed by atoms with van der Waals surface area (Å²) < 4.78 is 1.82. The van der Waals surface area contributed by atoms with E-state index in [0.29, 0.717) is 45.6 Å². The van der Waals surface area contributed by atoms with E-state index < -0.39 is 5.60 Å². The highest BCUT2D eigenvalue weighted by molar-refractivity contribution is 5.88. The molecule has 2 N–H and O–H groups in total. The fourth-order valence-corrected chi connectivity index (χ4v) is 4.37. The molecule has 1 saturated heterocycles. The lowest BCUT2D eigenvalue weighted by Crippen LogP contribution is -2.51. The van der Waals surface area contributed by atoms with Gasteiger partial charge in [0.05, 0.1) is 24.9 Å². The molecule has 5 rings (SSSR count). The zero-order chi connectivity index (χ0) is 22.3. The molecule has 1 aliphatic carbocycles. The fourth-order valence-electron chi connectivity index (χ4n) is 4.37. The molecule has 0 unspecified atom stereocenters. The third-order valence-electron chi connectivity index (χ3n) is 6.58. The molecule has 2 aliphatic rings. The number of fused-ring (bicyclic) bond motifs is 1. The summed E-state index contributed by atoms with van der Waals surface area (Å²) in [5.41, 5.74) is 4.13. The predicted molar refractivity (Wildman–Crippen MR) is 124 cm³/mol. The summed E-state index contributed by atoms with van der Waals surface area (Å²) in [6.45, 7) is 7.47. The van der Waals surface area contributed by atoms with Gasteiger partial charge in [0.15, 0.2) is 0 Å². The van der Waals surface area contributed by atoms with Gasteiger partial charge in [0.2, 0.25) is 0 Å². The number of rotatable bonds is 6. The van der Waals surface area contributed by atoms with Gasteiger partial charge in [-0.15, -0.1) is 0 Å². The first-order valence-corrected chi connectivity index (χ1v) is 11.1. The Balaban J connectivity index is 1.27. The Morgan fingerprint density at radius 3 is 2.31 bits per heavy atom. The summed E-state index contributed by atoms with van der Waals surface area (Å²) in [6, 6.07) is 14.6. The number of piperazine rings is 1. The second-order valence-electron chi connectivity index (χ2n) is 8.70. The number of carbonyl (C=O) groups is 1. The lowest BCUT2D eigenvalue weighted by atomic mass is 10.0. The van der Waals surface area contributed by atoms with E-state index >= 15 is 0 Å². The van der Waals surface area contributed by atoms with Gasteiger partial charge in [0.1, 0.15) is 5.60 Å². The second kappa shape index (κ2) is 8.07. The number of nitrogens with zero attached hydrogens (tertiary/aromatic N) is 4. The number of aliphatic hydroxyl groups excluding tert-OH is 1. The van der Waals surface area contributed by atoms with E-state index in [4.69, 9.17) is 0 Å². The molecule has 1 aliphatic heterocycles. The quantitative estimate of drug-likeness (QED) is 0.625. The van der Waals surface area contributed by atoms with Crippen molar-refractivity contribution in [2.45, 2.75) is 25.0 Å². The van der Waals surface area contributed by atoms with Crippen LogP contribution in [0.1, 0.15) is 18.4 Å². The normalized spacial score (nSPS) is 17.6. The molecule has 0 atom stereocenters. The minimum absolute atomic E-state index is 0.0567. The van der Waals surface area contributed by atoms with Crippen LogP contribution in [-0.4, -0.2) is 74.1 Å². The van der Waals surface area contributed by atoms with Crippen LogP contribution in [0.15, 0.2) is 55.2 Å². The SMILES string of the molecule is C=C(c1ccc(-c2ccc3cnn(CCO)c3c2)cc1)N1CCN(C(=O)C2(O)CC2)CC1. The molecule has 1 saturated carbocycles. The maximum absolute atomic E-state index is 12.3. The molecule has 7 heteroatoms. The van der Waals surface area contributed by atoms with Gasteiger partial charge in [-0.2, -0.15) is 5.10 Å². The summed E-state index contributed by atoms with van der Waals surface area (Å²) in [5.74, 6) is -0.121. The van der Waals surface area contributed by atoms with Crippen LogP contribution in [0.2, 0.25) is 0 Å². The Kier molecular flexibility index (Phi) is 5.23. The van der Waals surface area contributed by atoms with Gasteiger partial charge in [-0.3, -0.25) is 9.48 Å². The van der Waals surface area contributed by atoms with Crippen molar-refractivity contribution in [1.29, 1.82) is 0 Å². The topological polar surface area (TPSA) is 81.8 Å². The molecule has 2 aromatic carbocycles. The Labute approximate surface area is 187 Å². The van der Waals surface area contributed by atoms with Gasteiger partial charge in [0, 0.05) is 37.3 Å². The first-order chi connectivity index (χ1) is 15.5. The smallest absolute Gasteiger partial charge is 0.254 e. The maximum Gasteiger partial charge on any atom is 0.254 e. The van der Waals surface area contributed by atoms with E-state index in [1.54, 1.807) is 4.90 Å². The first kappa shape index (κ1) is 20.7. The minimum atomic E-state index is -1.09.